The highest BCUT2D eigenvalue weighted by atomic mass is 32.2. The highest BCUT2D eigenvalue weighted by molar-refractivity contribution is 7.98. The molecule has 2 nitrogen and oxygen atoms in total. The average molecular weight is 212 g/mol. The lowest BCUT2D eigenvalue weighted by Crippen LogP contribution is -2.33. The van der Waals surface area contributed by atoms with Crippen LogP contribution in [0.4, 0.5) is 13.2 Å². The summed E-state index contributed by atoms with van der Waals surface area (Å²) < 4.78 is 35.9. The lowest BCUT2D eigenvalue weighted by atomic mass is 10.1. The van der Waals surface area contributed by atoms with Crippen LogP contribution in [0.25, 0.3) is 0 Å². The van der Waals surface area contributed by atoms with E-state index in [9.17, 15) is 13.2 Å². The van der Waals surface area contributed by atoms with E-state index in [1.54, 1.807) is 11.8 Å². The molecule has 0 aromatic carbocycles. The zero-order valence-electron chi connectivity index (χ0n) is 7.19. The summed E-state index contributed by atoms with van der Waals surface area (Å²) in [6.45, 7) is 0.177. The Hall–Kier alpha value is -0.410. The van der Waals surface area contributed by atoms with E-state index in [0.29, 0.717) is 6.54 Å². The molecule has 0 aliphatic rings. The van der Waals surface area contributed by atoms with Crippen molar-refractivity contribution < 1.29 is 13.2 Å². The summed E-state index contributed by atoms with van der Waals surface area (Å²) in [5, 5.41) is 10.8. The molecule has 0 rings (SSSR count). The first kappa shape index (κ1) is 12.6. The SMILES string of the molecule is CSCCNCC(C#N)C(F)(F)F. The molecule has 0 radical (unpaired) electrons. The van der Waals surface area contributed by atoms with Crippen LogP contribution in [-0.2, 0) is 0 Å². The first-order valence-electron chi connectivity index (χ1n) is 3.68. The number of nitriles is 1. The minimum atomic E-state index is -4.42. The van der Waals surface area contributed by atoms with Gasteiger partial charge in [0.15, 0.2) is 5.92 Å². The van der Waals surface area contributed by atoms with Gasteiger partial charge in [0, 0.05) is 18.8 Å². The fourth-order valence-corrected chi connectivity index (χ4v) is 1.00. The van der Waals surface area contributed by atoms with Gasteiger partial charge in [-0.15, -0.1) is 0 Å². The van der Waals surface area contributed by atoms with E-state index in [0.717, 1.165) is 5.75 Å². The second-order valence-electron chi connectivity index (χ2n) is 2.42. The van der Waals surface area contributed by atoms with E-state index in [1.165, 1.54) is 6.07 Å². The normalized spacial score (nSPS) is 13.8. The molecule has 1 N–H and O–H groups in total. The monoisotopic (exact) mass is 212 g/mol. The van der Waals surface area contributed by atoms with Gasteiger partial charge in [-0.1, -0.05) is 0 Å². The molecule has 0 aromatic rings. The Bertz CT molecular complexity index is 176. The van der Waals surface area contributed by atoms with Crippen LogP contribution in [0.3, 0.4) is 0 Å². The molecule has 0 amide bonds. The van der Waals surface area contributed by atoms with E-state index in [1.807, 2.05) is 6.26 Å². The van der Waals surface area contributed by atoms with Crippen LogP contribution in [-0.4, -0.2) is 31.3 Å². The maximum absolute atomic E-state index is 12.0. The van der Waals surface area contributed by atoms with Crippen molar-refractivity contribution in [2.45, 2.75) is 6.18 Å². The van der Waals surface area contributed by atoms with Gasteiger partial charge in [-0.3, -0.25) is 0 Å². The summed E-state index contributed by atoms with van der Waals surface area (Å²) in [6.07, 6.45) is -2.55. The van der Waals surface area contributed by atoms with Gasteiger partial charge in [0.1, 0.15) is 0 Å². The van der Waals surface area contributed by atoms with Gasteiger partial charge in [-0.25, -0.2) is 0 Å². The molecule has 0 aromatic heterocycles. The topological polar surface area (TPSA) is 35.8 Å². The molecule has 6 heteroatoms. The van der Waals surface area contributed by atoms with E-state index < -0.39 is 12.1 Å². The minimum absolute atomic E-state index is 0.319. The second kappa shape index (κ2) is 6.11. The lowest BCUT2D eigenvalue weighted by molar-refractivity contribution is -0.157. The zero-order chi connectivity index (χ0) is 10.3. The van der Waals surface area contributed by atoms with Crippen molar-refractivity contribution in [1.29, 1.82) is 5.26 Å². The third-order valence-electron chi connectivity index (χ3n) is 1.38. The number of nitrogens with zero attached hydrogens (tertiary/aromatic N) is 1. The Morgan fingerprint density at radius 1 is 1.54 bits per heavy atom. The molecule has 0 saturated carbocycles. The Labute approximate surface area is 79.5 Å². The van der Waals surface area contributed by atoms with Gasteiger partial charge < -0.3 is 5.32 Å². The number of halogens is 3. The van der Waals surface area contributed by atoms with Gasteiger partial charge in [0.2, 0.25) is 0 Å². The zero-order valence-corrected chi connectivity index (χ0v) is 8.00. The summed E-state index contributed by atoms with van der Waals surface area (Å²) in [5.74, 6) is -1.15. The molecule has 1 atom stereocenters. The van der Waals surface area contributed by atoms with Crippen molar-refractivity contribution in [3.63, 3.8) is 0 Å². The second-order valence-corrected chi connectivity index (χ2v) is 3.41. The van der Waals surface area contributed by atoms with Gasteiger partial charge in [-0.05, 0) is 6.26 Å². The van der Waals surface area contributed by atoms with Crippen LogP contribution in [0.2, 0.25) is 0 Å². The van der Waals surface area contributed by atoms with Crippen molar-refractivity contribution in [2.24, 2.45) is 5.92 Å². The summed E-state index contributed by atoms with van der Waals surface area (Å²) in [4.78, 5) is 0. The molecule has 0 aliphatic carbocycles. The minimum Gasteiger partial charge on any atom is -0.314 e. The highest BCUT2D eigenvalue weighted by Crippen LogP contribution is 2.24. The number of thioether (sulfide) groups is 1. The summed E-state index contributed by atoms with van der Waals surface area (Å²) in [7, 11) is 0. The Morgan fingerprint density at radius 3 is 2.54 bits per heavy atom. The molecule has 0 saturated heterocycles. The van der Waals surface area contributed by atoms with Crippen LogP contribution < -0.4 is 5.32 Å². The number of nitrogens with one attached hydrogen (secondary N) is 1. The van der Waals surface area contributed by atoms with E-state index in [-0.39, 0.29) is 6.54 Å². The molecular formula is C7H11F3N2S. The van der Waals surface area contributed by atoms with E-state index >= 15 is 0 Å². The summed E-state index contributed by atoms with van der Waals surface area (Å²) in [6, 6.07) is 1.22. The first-order valence-corrected chi connectivity index (χ1v) is 5.07. The fraction of sp³-hybridized carbons (Fsp3) is 0.857. The third kappa shape index (κ3) is 5.77. The van der Waals surface area contributed by atoms with Crippen molar-refractivity contribution in [3.8, 4) is 6.07 Å². The quantitative estimate of drug-likeness (QED) is 0.704. The molecule has 13 heavy (non-hydrogen) atoms. The fourth-order valence-electron chi connectivity index (χ4n) is 0.655. The van der Waals surface area contributed by atoms with Crippen molar-refractivity contribution in [3.05, 3.63) is 0 Å². The molecule has 0 heterocycles. The van der Waals surface area contributed by atoms with Crippen molar-refractivity contribution in [2.75, 3.05) is 25.1 Å². The molecule has 0 spiro atoms. The largest absolute Gasteiger partial charge is 0.405 e. The van der Waals surface area contributed by atoms with Crippen LogP contribution in [0.15, 0.2) is 0 Å². The highest BCUT2D eigenvalue weighted by Gasteiger charge is 2.39. The van der Waals surface area contributed by atoms with Crippen molar-refractivity contribution in [1.82, 2.24) is 5.32 Å². The summed E-state index contributed by atoms with van der Waals surface area (Å²) >= 11 is 1.54. The maximum Gasteiger partial charge on any atom is 0.405 e. The van der Waals surface area contributed by atoms with Gasteiger partial charge in [-0.2, -0.15) is 30.2 Å². The van der Waals surface area contributed by atoms with E-state index in [4.69, 9.17) is 5.26 Å². The average Bonchev–Trinajstić information content (AvgIpc) is 2.02. The molecule has 0 bridgehead atoms. The number of hydrogen-bond acceptors (Lipinski definition) is 3. The predicted molar refractivity (Wildman–Crippen MR) is 46.4 cm³/mol. The van der Waals surface area contributed by atoms with Gasteiger partial charge >= 0.3 is 6.18 Å². The first-order chi connectivity index (χ1) is 6.02. The Kier molecular flexibility index (Phi) is 5.91. The van der Waals surface area contributed by atoms with Gasteiger partial charge in [0.05, 0.1) is 6.07 Å². The Balaban J connectivity index is 3.69. The predicted octanol–water partition coefficient (Wildman–Crippen LogP) is 1.64. The number of rotatable bonds is 5. The Morgan fingerprint density at radius 2 is 2.15 bits per heavy atom. The molecular weight excluding hydrogens is 201 g/mol. The number of alkyl halides is 3. The van der Waals surface area contributed by atoms with Crippen LogP contribution in [0.1, 0.15) is 0 Å². The maximum atomic E-state index is 12.0. The van der Waals surface area contributed by atoms with E-state index in [2.05, 4.69) is 5.32 Å². The lowest BCUT2D eigenvalue weighted by Gasteiger charge is -2.13. The van der Waals surface area contributed by atoms with Crippen molar-refractivity contribution >= 4 is 11.8 Å². The van der Waals surface area contributed by atoms with Crippen LogP contribution in [0, 0.1) is 17.2 Å². The third-order valence-corrected chi connectivity index (χ3v) is 1.99. The molecule has 1 unspecified atom stereocenters. The molecule has 0 fully saturated rings. The summed E-state index contributed by atoms with van der Waals surface area (Å²) in [5.41, 5.74) is 0. The smallest absolute Gasteiger partial charge is 0.314 e. The van der Waals surface area contributed by atoms with Crippen LogP contribution >= 0.6 is 11.8 Å². The standard InChI is InChI=1S/C7H11F3N2S/c1-13-3-2-12-5-6(4-11)7(8,9)10/h6,12H,2-3,5H2,1H3. The van der Waals surface area contributed by atoms with Gasteiger partial charge in [0.25, 0.3) is 0 Å². The number of hydrogen-bond donors (Lipinski definition) is 1. The molecule has 0 aliphatic heterocycles. The van der Waals surface area contributed by atoms with Crippen LogP contribution in [0.5, 0.6) is 0 Å². The molecule has 76 valence electrons.